The van der Waals surface area contributed by atoms with Gasteiger partial charge in [-0.25, -0.2) is 0 Å². The fourth-order valence-corrected chi connectivity index (χ4v) is 4.19. The molecule has 2 aromatic rings. The fraction of sp³-hybridized carbons (Fsp3) is 0.364. The van der Waals surface area contributed by atoms with E-state index in [0.717, 1.165) is 27.8 Å². The van der Waals surface area contributed by atoms with Crippen LogP contribution < -0.4 is 5.32 Å². The second-order valence-electron chi connectivity index (χ2n) is 7.43. The number of phenolic OH excluding ortho intramolecular Hbond substituents is 1. The monoisotopic (exact) mass is 433 g/mol. The molecule has 2 rings (SSSR count). The van der Waals surface area contributed by atoms with Crippen LogP contribution in [0.25, 0.3) is 0 Å². The zero-order valence-corrected chi connectivity index (χ0v) is 18.6. The highest BCUT2D eigenvalue weighted by Gasteiger charge is 2.16. The molecule has 1 unspecified atom stereocenters. The molecule has 30 heavy (non-hydrogen) atoms. The first-order valence-corrected chi connectivity index (χ1v) is 11.9. The SMILES string of the molecule is CCOC(=O)CNC(=O)c1cc(Cc2c(C)cc(CP(C)(=O)O)cc2C)ccc1O. The van der Waals surface area contributed by atoms with Gasteiger partial charge in [-0.2, -0.15) is 0 Å². The molecule has 0 saturated heterocycles. The summed E-state index contributed by atoms with van der Waals surface area (Å²) in [6, 6.07) is 8.59. The van der Waals surface area contributed by atoms with Gasteiger partial charge in [-0.05, 0) is 67.1 Å². The van der Waals surface area contributed by atoms with Crippen molar-refractivity contribution in [3.8, 4) is 5.75 Å². The number of esters is 1. The molecule has 7 nitrogen and oxygen atoms in total. The number of carbonyl (C=O) groups excluding carboxylic acids is 2. The maximum atomic E-state index is 12.4. The Balaban J connectivity index is 2.22. The molecule has 0 radical (unpaired) electrons. The number of hydrogen-bond donors (Lipinski definition) is 3. The average Bonchev–Trinajstić information content (AvgIpc) is 2.63. The number of aromatic hydroxyl groups is 1. The van der Waals surface area contributed by atoms with Crippen LogP contribution in [-0.4, -0.2) is 41.7 Å². The van der Waals surface area contributed by atoms with Gasteiger partial charge in [-0.15, -0.1) is 0 Å². The van der Waals surface area contributed by atoms with Crippen LogP contribution in [-0.2, 0) is 26.7 Å². The van der Waals surface area contributed by atoms with Crippen LogP contribution in [0.1, 0.15) is 45.1 Å². The van der Waals surface area contributed by atoms with Crippen LogP contribution in [0.5, 0.6) is 5.75 Å². The van der Waals surface area contributed by atoms with E-state index < -0.39 is 19.2 Å². The predicted octanol–water partition coefficient (Wildman–Crippen LogP) is 3.29. The van der Waals surface area contributed by atoms with E-state index in [4.69, 9.17) is 4.74 Å². The molecule has 0 aromatic heterocycles. The third kappa shape index (κ3) is 6.71. The second-order valence-corrected chi connectivity index (χ2v) is 9.85. The highest BCUT2D eigenvalue weighted by Crippen LogP contribution is 2.40. The molecule has 1 atom stereocenters. The van der Waals surface area contributed by atoms with Gasteiger partial charge in [0.1, 0.15) is 12.3 Å². The lowest BCUT2D eigenvalue weighted by Crippen LogP contribution is -2.30. The number of rotatable bonds is 8. The summed E-state index contributed by atoms with van der Waals surface area (Å²) in [6.45, 7) is 6.85. The summed E-state index contributed by atoms with van der Waals surface area (Å²) in [5.41, 5.74) is 4.73. The van der Waals surface area contributed by atoms with Crippen molar-refractivity contribution < 1.29 is 28.9 Å². The van der Waals surface area contributed by atoms with Crippen molar-refractivity contribution in [3.05, 3.63) is 63.7 Å². The molecule has 3 N–H and O–H groups in total. The average molecular weight is 433 g/mol. The van der Waals surface area contributed by atoms with Crippen molar-refractivity contribution in [1.82, 2.24) is 5.32 Å². The Morgan fingerprint density at radius 1 is 1.10 bits per heavy atom. The molecule has 0 aliphatic heterocycles. The Labute approximate surface area is 176 Å². The third-order valence-electron chi connectivity index (χ3n) is 4.62. The van der Waals surface area contributed by atoms with Gasteiger partial charge in [0, 0.05) is 12.8 Å². The Morgan fingerprint density at radius 2 is 1.73 bits per heavy atom. The normalized spacial score (nSPS) is 12.8. The molecule has 2 aromatic carbocycles. The molecule has 0 saturated carbocycles. The standard InChI is InChI=1S/C22H28NO6P/c1-5-29-21(25)12-23-22(26)19-11-16(6-7-20(19)24)10-18-14(2)8-17(9-15(18)3)13-30(4,27)28/h6-9,11,24H,5,10,12-13H2,1-4H3,(H,23,26)(H,27,28). The van der Waals surface area contributed by atoms with Crippen LogP contribution in [0, 0.1) is 13.8 Å². The smallest absolute Gasteiger partial charge is 0.325 e. The summed E-state index contributed by atoms with van der Waals surface area (Å²) in [5, 5.41) is 12.5. The summed E-state index contributed by atoms with van der Waals surface area (Å²) >= 11 is 0. The number of phenols is 1. The number of hydrogen-bond acceptors (Lipinski definition) is 5. The van der Waals surface area contributed by atoms with Crippen LogP contribution in [0.15, 0.2) is 30.3 Å². The van der Waals surface area contributed by atoms with Crippen LogP contribution >= 0.6 is 7.37 Å². The van der Waals surface area contributed by atoms with E-state index in [9.17, 15) is 24.2 Å². The zero-order chi connectivity index (χ0) is 22.5. The second kappa shape index (κ2) is 9.92. The van der Waals surface area contributed by atoms with E-state index in [1.54, 1.807) is 19.1 Å². The van der Waals surface area contributed by atoms with E-state index in [1.165, 1.54) is 12.7 Å². The van der Waals surface area contributed by atoms with Crippen molar-refractivity contribution >= 4 is 19.2 Å². The van der Waals surface area contributed by atoms with E-state index in [1.807, 2.05) is 26.0 Å². The van der Waals surface area contributed by atoms with E-state index in [-0.39, 0.29) is 30.6 Å². The third-order valence-corrected chi connectivity index (χ3v) is 5.57. The predicted molar refractivity (Wildman–Crippen MR) is 115 cm³/mol. The van der Waals surface area contributed by atoms with E-state index in [0.29, 0.717) is 6.42 Å². The van der Waals surface area contributed by atoms with Crippen molar-refractivity contribution in [2.45, 2.75) is 33.4 Å². The van der Waals surface area contributed by atoms with Crippen molar-refractivity contribution in [2.75, 3.05) is 19.8 Å². The largest absolute Gasteiger partial charge is 0.507 e. The van der Waals surface area contributed by atoms with Gasteiger partial charge >= 0.3 is 5.97 Å². The topological polar surface area (TPSA) is 113 Å². The molecular formula is C22H28NO6P. The Kier molecular flexibility index (Phi) is 7.82. The summed E-state index contributed by atoms with van der Waals surface area (Å²) in [4.78, 5) is 33.4. The van der Waals surface area contributed by atoms with Crippen LogP contribution in [0.3, 0.4) is 0 Å². The maximum Gasteiger partial charge on any atom is 0.325 e. The minimum absolute atomic E-state index is 0.0796. The lowest BCUT2D eigenvalue weighted by molar-refractivity contribution is -0.141. The highest BCUT2D eigenvalue weighted by atomic mass is 31.2. The molecule has 0 fully saturated rings. The minimum Gasteiger partial charge on any atom is -0.507 e. The first-order valence-electron chi connectivity index (χ1n) is 9.64. The van der Waals surface area contributed by atoms with Gasteiger partial charge in [-0.3, -0.25) is 14.2 Å². The molecule has 162 valence electrons. The van der Waals surface area contributed by atoms with Crippen molar-refractivity contribution in [2.24, 2.45) is 0 Å². The van der Waals surface area contributed by atoms with Crippen LogP contribution in [0.4, 0.5) is 0 Å². The summed E-state index contributed by atoms with van der Waals surface area (Å²) in [6.07, 6.45) is 0.651. The highest BCUT2D eigenvalue weighted by molar-refractivity contribution is 7.56. The van der Waals surface area contributed by atoms with Gasteiger partial charge in [0.25, 0.3) is 5.91 Å². The number of benzene rings is 2. The first kappa shape index (κ1) is 23.6. The zero-order valence-electron chi connectivity index (χ0n) is 17.7. The van der Waals surface area contributed by atoms with Crippen LogP contribution in [0.2, 0.25) is 0 Å². The van der Waals surface area contributed by atoms with Gasteiger partial charge in [-0.1, -0.05) is 18.2 Å². The van der Waals surface area contributed by atoms with Crippen molar-refractivity contribution in [1.29, 1.82) is 0 Å². The Morgan fingerprint density at radius 3 is 2.30 bits per heavy atom. The first-order chi connectivity index (χ1) is 14.0. The fourth-order valence-electron chi connectivity index (χ4n) is 3.33. The Bertz CT molecular complexity index is 972. The number of nitrogens with one attached hydrogen (secondary N) is 1. The molecule has 0 heterocycles. The van der Waals surface area contributed by atoms with Crippen molar-refractivity contribution in [3.63, 3.8) is 0 Å². The molecular weight excluding hydrogens is 405 g/mol. The maximum absolute atomic E-state index is 12.4. The minimum atomic E-state index is -3.16. The van der Waals surface area contributed by atoms with E-state index >= 15 is 0 Å². The lowest BCUT2D eigenvalue weighted by Gasteiger charge is -2.15. The van der Waals surface area contributed by atoms with E-state index in [2.05, 4.69) is 5.32 Å². The number of carbonyl (C=O) groups is 2. The lowest BCUT2D eigenvalue weighted by atomic mass is 9.93. The molecule has 0 spiro atoms. The molecule has 0 aliphatic rings. The Hall–Kier alpha value is -2.63. The number of amides is 1. The molecule has 0 aliphatic carbocycles. The molecule has 1 amide bonds. The number of aryl methyl sites for hydroxylation is 2. The summed E-state index contributed by atoms with van der Waals surface area (Å²) in [5.74, 6) is -1.29. The summed E-state index contributed by atoms with van der Waals surface area (Å²) in [7, 11) is -3.16. The quantitative estimate of drug-likeness (QED) is 0.435. The van der Waals surface area contributed by atoms with Gasteiger partial charge in [0.15, 0.2) is 0 Å². The van der Waals surface area contributed by atoms with Gasteiger partial charge in [0.2, 0.25) is 7.37 Å². The van der Waals surface area contributed by atoms with Gasteiger partial charge < -0.3 is 20.1 Å². The number of ether oxygens (including phenoxy) is 1. The molecule has 8 heteroatoms. The van der Waals surface area contributed by atoms with Gasteiger partial charge in [0.05, 0.1) is 12.2 Å². The summed E-state index contributed by atoms with van der Waals surface area (Å²) < 4.78 is 16.5. The molecule has 0 bridgehead atoms.